The Kier molecular flexibility index (Phi) is 2.23. The van der Waals surface area contributed by atoms with Gasteiger partial charge in [-0.1, -0.05) is 6.07 Å². The van der Waals surface area contributed by atoms with Gasteiger partial charge in [-0.25, -0.2) is 0 Å². The molecule has 1 aromatic heterocycles. The summed E-state index contributed by atoms with van der Waals surface area (Å²) in [4.78, 5) is 0. The second-order valence-electron chi connectivity index (χ2n) is 3.27. The highest BCUT2D eigenvalue weighted by Crippen LogP contribution is 2.23. The highest BCUT2D eigenvalue weighted by atomic mass is 15.1. The molecule has 0 fully saturated rings. The fourth-order valence-corrected chi connectivity index (χ4v) is 1.53. The van der Waals surface area contributed by atoms with Crippen LogP contribution in [0.1, 0.15) is 5.56 Å². The van der Waals surface area contributed by atoms with Crippen molar-refractivity contribution in [1.29, 1.82) is 0 Å². The van der Waals surface area contributed by atoms with Crippen LogP contribution in [-0.4, -0.2) is 17.2 Å². The van der Waals surface area contributed by atoms with E-state index >= 15 is 0 Å². The number of benzene rings is 1. The van der Waals surface area contributed by atoms with Crippen LogP contribution in [0.3, 0.4) is 0 Å². The molecule has 0 amide bonds. The van der Waals surface area contributed by atoms with Gasteiger partial charge in [-0.15, -0.1) is 0 Å². The van der Waals surface area contributed by atoms with Gasteiger partial charge >= 0.3 is 0 Å². The summed E-state index contributed by atoms with van der Waals surface area (Å²) in [7, 11) is 1.93. The maximum Gasteiger partial charge on any atom is 0.0565 e. The normalized spacial score (nSPS) is 10.1. The molecule has 0 atom stereocenters. The summed E-state index contributed by atoms with van der Waals surface area (Å²) in [6.45, 7) is 2.09. The van der Waals surface area contributed by atoms with Crippen LogP contribution in [0, 0.1) is 6.92 Å². The summed E-state index contributed by atoms with van der Waals surface area (Å²) in [5.74, 6) is 0. The molecule has 0 unspecified atom stereocenters. The molecule has 3 heteroatoms. The van der Waals surface area contributed by atoms with Gasteiger partial charge in [0.1, 0.15) is 0 Å². The highest BCUT2D eigenvalue weighted by Gasteiger charge is 2.01. The SMILES string of the molecule is CNc1ccc(-c2cn[nH]c2)cc1C. The van der Waals surface area contributed by atoms with Gasteiger partial charge in [-0.3, -0.25) is 5.10 Å². The number of hydrogen-bond donors (Lipinski definition) is 2. The number of nitrogens with one attached hydrogen (secondary N) is 2. The molecule has 0 aliphatic heterocycles. The molecule has 2 N–H and O–H groups in total. The molecule has 0 saturated heterocycles. The molecule has 0 aliphatic carbocycles. The summed E-state index contributed by atoms with van der Waals surface area (Å²) in [6, 6.07) is 6.32. The lowest BCUT2D eigenvalue weighted by Gasteiger charge is -2.06. The van der Waals surface area contributed by atoms with Gasteiger partial charge < -0.3 is 5.32 Å². The first-order chi connectivity index (χ1) is 6.81. The Hall–Kier alpha value is -1.77. The Morgan fingerprint density at radius 1 is 1.29 bits per heavy atom. The van der Waals surface area contributed by atoms with Crippen molar-refractivity contribution in [3.63, 3.8) is 0 Å². The number of aromatic amines is 1. The van der Waals surface area contributed by atoms with Gasteiger partial charge in [0, 0.05) is 24.5 Å². The van der Waals surface area contributed by atoms with Crippen molar-refractivity contribution < 1.29 is 0 Å². The molecule has 1 heterocycles. The Balaban J connectivity index is 2.43. The zero-order valence-electron chi connectivity index (χ0n) is 8.33. The Morgan fingerprint density at radius 3 is 2.71 bits per heavy atom. The van der Waals surface area contributed by atoms with Crippen molar-refractivity contribution in [3.05, 3.63) is 36.2 Å². The zero-order valence-corrected chi connectivity index (χ0v) is 8.33. The van der Waals surface area contributed by atoms with E-state index in [0.717, 1.165) is 11.3 Å². The molecule has 14 heavy (non-hydrogen) atoms. The molecule has 0 aliphatic rings. The molecular weight excluding hydrogens is 174 g/mol. The van der Waals surface area contributed by atoms with Gasteiger partial charge in [-0.2, -0.15) is 5.10 Å². The topological polar surface area (TPSA) is 40.7 Å². The minimum Gasteiger partial charge on any atom is -0.388 e. The van der Waals surface area contributed by atoms with Gasteiger partial charge in [0.2, 0.25) is 0 Å². The van der Waals surface area contributed by atoms with E-state index in [0.29, 0.717) is 0 Å². The molecule has 2 rings (SSSR count). The van der Waals surface area contributed by atoms with Crippen LogP contribution in [0.25, 0.3) is 11.1 Å². The fraction of sp³-hybridized carbons (Fsp3) is 0.182. The number of anilines is 1. The van der Waals surface area contributed by atoms with Crippen LogP contribution in [0.15, 0.2) is 30.6 Å². The predicted octanol–water partition coefficient (Wildman–Crippen LogP) is 2.43. The number of aryl methyl sites for hydroxylation is 1. The van der Waals surface area contributed by atoms with Gasteiger partial charge in [0.25, 0.3) is 0 Å². The largest absolute Gasteiger partial charge is 0.388 e. The smallest absolute Gasteiger partial charge is 0.0565 e. The molecular formula is C11H13N3. The van der Waals surface area contributed by atoms with E-state index in [4.69, 9.17) is 0 Å². The van der Waals surface area contributed by atoms with Crippen molar-refractivity contribution in [1.82, 2.24) is 10.2 Å². The van der Waals surface area contributed by atoms with Gasteiger partial charge in [-0.05, 0) is 30.2 Å². The maximum absolute atomic E-state index is 3.93. The van der Waals surface area contributed by atoms with Crippen molar-refractivity contribution in [2.75, 3.05) is 12.4 Å². The van der Waals surface area contributed by atoms with E-state index in [1.165, 1.54) is 11.1 Å². The summed E-state index contributed by atoms with van der Waals surface area (Å²) < 4.78 is 0. The minimum atomic E-state index is 1.12. The highest BCUT2D eigenvalue weighted by molar-refractivity contribution is 5.67. The van der Waals surface area contributed by atoms with Crippen molar-refractivity contribution >= 4 is 5.69 Å². The lowest BCUT2D eigenvalue weighted by Crippen LogP contribution is -1.91. The molecule has 0 bridgehead atoms. The molecule has 2 aromatic rings. The lowest BCUT2D eigenvalue weighted by atomic mass is 10.1. The minimum absolute atomic E-state index is 1.12. The lowest BCUT2D eigenvalue weighted by molar-refractivity contribution is 1.09. The first kappa shape index (κ1) is 8.81. The first-order valence-electron chi connectivity index (χ1n) is 4.59. The Bertz CT molecular complexity index is 418. The van der Waals surface area contributed by atoms with Crippen LogP contribution < -0.4 is 5.32 Å². The Morgan fingerprint density at radius 2 is 2.14 bits per heavy atom. The standard InChI is InChI=1S/C11H13N3/c1-8-5-9(3-4-11(8)12-2)10-6-13-14-7-10/h3-7,12H,1-2H3,(H,13,14). The fourth-order valence-electron chi connectivity index (χ4n) is 1.53. The van der Waals surface area contributed by atoms with Crippen LogP contribution in [0.5, 0.6) is 0 Å². The third-order valence-electron chi connectivity index (χ3n) is 2.33. The first-order valence-corrected chi connectivity index (χ1v) is 4.59. The van der Waals surface area contributed by atoms with Crippen LogP contribution >= 0.6 is 0 Å². The van der Waals surface area contributed by atoms with E-state index < -0.39 is 0 Å². The third kappa shape index (κ3) is 1.48. The van der Waals surface area contributed by atoms with Crippen LogP contribution in [-0.2, 0) is 0 Å². The van der Waals surface area contributed by atoms with E-state index in [9.17, 15) is 0 Å². The van der Waals surface area contributed by atoms with E-state index in [-0.39, 0.29) is 0 Å². The average molecular weight is 187 g/mol. The number of nitrogens with zero attached hydrogens (tertiary/aromatic N) is 1. The van der Waals surface area contributed by atoms with E-state index in [1.807, 2.05) is 19.4 Å². The summed E-state index contributed by atoms with van der Waals surface area (Å²) in [5, 5.41) is 9.89. The molecule has 0 radical (unpaired) electrons. The van der Waals surface area contributed by atoms with Crippen LogP contribution in [0.2, 0.25) is 0 Å². The quantitative estimate of drug-likeness (QED) is 0.758. The van der Waals surface area contributed by atoms with Gasteiger partial charge in [0.15, 0.2) is 0 Å². The third-order valence-corrected chi connectivity index (χ3v) is 2.33. The number of H-pyrrole nitrogens is 1. The second kappa shape index (κ2) is 3.54. The molecule has 1 aromatic carbocycles. The average Bonchev–Trinajstić information content (AvgIpc) is 2.70. The van der Waals surface area contributed by atoms with Crippen molar-refractivity contribution in [2.24, 2.45) is 0 Å². The predicted molar refractivity (Wildman–Crippen MR) is 58.3 cm³/mol. The zero-order chi connectivity index (χ0) is 9.97. The van der Waals surface area contributed by atoms with Crippen molar-refractivity contribution in [2.45, 2.75) is 6.92 Å². The molecule has 0 spiro atoms. The Labute approximate surface area is 83.2 Å². The maximum atomic E-state index is 3.93. The summed E-state index contributed by atoms with van der Waals surface area (Å²) in [6.07, 6.45) is 3.72. The van der Waals surface area contributed by atoms with Gasteiger partial charge in [0.05, 0.1) is 6.20 Å². The summed E-state index contributed by atoms with van der Waals surface area (Å²) in [5.41, 5.74) is 4.72. The molecule has 3 nitrogen and oxygen atoms in total. The molecule has 72 valence electrons. The van der Waals surface area contributed by atoms with Crippen LogP contribution in [0.4, 0.5) is 5.69 Å². The summed E-state index contributed by atoms with van der Waals surface area (Å²) >= 11 is 0. The monoisotopic (exact) mass is 187 g/mol. The van der Waals surface area contributed by atoms with E-state index in [2.05, 4.69) is 40.6 Å². The second-order valence-corrected chi connectivity index (χ2v) is 3.27. The number of aromatic nitrogens is 2. The van der Waals surface area contributed by atoms with E-state index in [1.54, 1.807) is 0 Å². The van der Waals surface area contributed by atoms with Crippen molar-refractivity contribution in [3.8, 4) is 11.1 Å². The number of rotatable bonds is 2. The number of hydrogen-bond acceptors (Lipinski definition) is 2. The molecule has 0 saturated carbocycles.